The van der Waals surface area contributed by atoms with E-state index in [1.54, 1.807) is 0 Å². The van der Waals surface area contributed by atoms with Gasteiger partial charge in [-0.2, -0.15) is 0 Å². The molecular weight excluding hydrogens is 324 g/mol. The molecule has 0 unspecified atom stereocenters. The molecule has 1 N–H and O–H groups in total. The Morgan fingerprint density at radius 3 is 1.88 bits per heavy atom. The van der Waals surface area contributed by atoms with E-state index >= 15 is 0 Å². The van der Waals surface area contributed by atoms with Crippen molar-refractivity contribution in [3.05, 3.63) is 36.1 Å². The average Bonchev–Trinajstić information content (AvgIpc) is 2.87. The van der Waals surface area contributed by atoms with Gasteiger partial charge < -0.3 is 9.84 Å². The molecule has 148 valence electrons. The Morgan fingerprint density at radius 2 is 1.38 bits per heavy atom. The standard InChI is InChI=1S/C23H38O3/c1-3-4-5-6-7-8-9-10-11-12-13-14-15-16-17-18-19-21-22(24)20(2)26-23(21)25/h6-7,19,22,24H,2-5,8-18H2,1H3/b7-6+,21-19-/t22-/m0/s1. The van der Waals surface area contributed by atoms with Gasteiger partial charge in [-0.3, -0.25) is 0 Å². The number of carbonyl (C=O) groups is 1. The van der Waals surface area contributed by atoms with Crippen LogP contribution in [-0.2, 0) is 9.53 Å². The number of ether oxygens (including phenoxy) is 1. The number of hydrogen-bond acceptors (Lipinski definition) is 3. The lowest BCUT2D eigenvalue weighted by Gasteiger charge is -2.02. The van der Waals surface area contributed by atoms with E-state index in [0.717, 1.165) is 12.8 Å². The minimum Gasteiger partial charge on any atom is -0.425 e. The molecule has 0 bridgehead atoms. The fourth-order valence-corrected chi connectivity index (χ4v) is 3.17. The van der Waals surface area contributed by atoms with Crippen molar-refractivity contribution in [2.24, 2.45) is 0 Å². The molecule has 1 heterocycles. The highest BCUT2D eigenvalue weighted by Crippen LogP contribution is 2.23. The van der Waals surface area contributed by atoms with Crippen LogP contribution in [0.25, 0.3) is 0 Å². The van der Waals surface area contributed by atoms with Crippen molar-refractivity contribution in [2.75, 3.05) is 0 Å². The van der Waals surface area contributed by atoms with Crippen molar-refractivity contribution in [2.45, 2.75) is 103 Å². The van der Waals surface area contributed by atoms with Crippen molar-refractivity contribution >= 4 is 5.97 Å². The maximum absolute atomic E-state index is 11.5. The zero-order valence-electron chi connectivity index (χ0n) is 16.7. The van der Waals surface area contributed by atoms with Crippen LogP contribution < -0.4 is 0 Å². The van der Waals surface area contributed by atoms with Crippen molar-refractivity contribution in [1.29, 1.82) is 0 Å². The maximum Gasteiger partial charge on any atom is 0.341 e. The highest BCUT2D eigenvalue weighted by Gasteiger charge is 2.32. The van der Waals surface area contributed by atoms with Gasteiger partial charge in [0.1, 0.15) is 11.9 Å². The van der Waals surface area contributed by atoms with E-state index in [4.69, 9.17) is 4.74 Å². The predicted molar refractivity (Wildman–Crippen MR) is 109 cm³/mol. The summed E-state index contributed by atoms with van der Waals surface area (Å²) in [6.45, 7) is 5.76. The molecule has 0 aliphatic carbocycles. The van der Waals surface area contributed by atoms with Gasteiger partial charge in [0.15, 0.2) is 0 Å². The predicted octanol–water partition coefficient (Wildman–Crippen LogP) is 6.38. The van der Waals surface area contributed by atoms with Crippen LogP contribution in [0, 0.1) is 0 Å². The summed E-state index contributed by atoms with van der Waals surface area (Å²) in [5, 5.41) is 9.74. The third-order valence-electron chi connectivity index (χ3n) is 4.89. The van der Waals surface area contributed by atoms with Gasteiger partial charge in [-0.15, -0.1) is 0 Å². The Bertz CT molecular complexity index is 462. The number of aliphatic hydroxyl groups excluding tert-OH is 1. The zero-order valence-corrected chi connectivity index (χ0v) is 16.7. The molecule has 0 amide bonds. The molecule has 1 rings (SSSR count). The van der Waals surface area contributed by atoms with Gasteiger partial charge in [0, 0.05) is 0 Å². The Hall–Kier alpha value is -1.35. The van der Waals surface area contributed by atoms with Crippen molar-refractivity contribution < 1.29 is 14.6 Å². The first kappa shape index (κ1) is 22.7. The van der Waals surface area contributed by atoms with Gasteiger partial charge in [-0.1, -0.05) is 89.5 Å². The minimum atomic E-state index is -0.936. The third-order valence-corrected chi connectivity index (χ3v) is 4.89. The molecule has 1 saturated heterocycles. The summed E-state index contributed by atoms with van der Waals surface area (Å²) < 4.78 is 4.81. The van der Waals surface area contributed by atoms with Crippen molar-refractivity contribution in [3.8, 4) is 0 Å². The molecule has 3 nitrogen and oxygen atoms in total. The van der Waals surface area contributed by atoms with E-state index in [2.05, 4.69) is 25.7 Å². The summed E-state index contributed by atoms with van der Waals surface area (Å²) in [4.78, 5) is 11.5. The number of carbonyl (C=O) groups excluding carboxylic acids is 1. The normalized spacial score (nSPS) is 19.0. The van der Waals surface area contributed by atoms with E-state index in [1.807, 2.05) is 6.08 Å². The summed E-state index contributed by atoms with van der Waals surface area (Å²) in [7, 11) is 0. The molecular formula is C23H38O3. The number of esters is 1. The van der Waals surface area contributed by atoms with Gasteiger partial charge >= 0.3 is 5.97 Å². The van der Waals surface area contributed by atoms with Crippen LogP contribution in [0.15, 0.2) is 36.1 Å². The number of hydrogen-bond donors (Lipinski definition) is 1. The van der Waals surface area contributed by atoms with E-state index in [-0.39, 0.29) is 5.76 Å². The zero-order chi connectivity index (χ0) is 19.0. The van der Waals surface area contributed by atoms with Crippen molar-refractivity contribution in [1.82, 2.24) is 0 Å². The second-order valence-corrected chi connectivity index (χ2v) is 7.29. The second kappa shape index (κ2) is 14.8. The molecule has 1 atom stereocenters. The second-order valence-electron chi connectivity index (χ2n) is 7.29. The first-order chi connectivity index (χ1) is 12.7. The minimum absolute atomic E-state index is 0.147. The van der Waals surface area contributed by atoms with Gasteiger partial charge in [-0.25, -0.2) is 4.79 Å². The summed E-state index contributed by atoms with van der Waals surface area (Å²) in [6.07, 6.45) is 23.0. The monoisotopic (exact) mass is 362 g/mol. The van der Waals surface area contributed by atoms with Gasteiger partial charge in [0.25, 0.3) is 0 Å². The number of aliphatic hydroxyl groups is 1. The molecule has 0 saturated carbocycles. The summed E-state index contributed by atoms with van der Waals surface area (Å²) >= 11 is 0. The smallest absolute Gasteiger partial charge is 0.341 e. The Kier molecular flexibility index (Phi) is 12.9. The number of cyclic esters (lactones) is 1. The first-order valence-corrected chi connectivity index (χ1v) is 10.6. The fourth-order valence-electron chi connectivity index (χ4n) is 3.17. The Labute approximate surface area is 160 Å². The summed E-state index contributed by atoms with van der Waals surface area (Å²) in [5.74, 6) is -0.298. The van der Waals surface area contributed by atoms with Gasteiger partial charge in [0.05, 0.1) is 5.57 Å². The van der Waals surface area contributed by atoms with Crippen LogP contribution in [0.1, 0.15) is 96.8 Å². The molecule has 0 aromatic rings. The van der Waals surface area contributed by atoms with Crippen LogP contribution >= 0.6 is 0 Å². The fraction of sp³-hybridized carbons (Fsp3) is 0.696. The highest BCUT2D eigenvalue weighted by molar-refractivity contribution is 5.93. The van der Waals surface area contributed by atoms with E-state index in [0.29, 0.717) is 5.57 Å². The van der Waals surface area contributed by atoms with Gasteiger partial charge in [0.2, 0.25) is 0 Å². The molecule has 1 aliphatic heterocycles. The van der Waals surface area contributed by atoms with Crippen molar-refractivity contribution in [3.63, 3.8) is 0 Å². The lowest BCUT2D eigenvalue weighted by molar-refractivity contribution is -0.132. The number of unbranched alkanes of at least 4 members (excludes halogenated alkanes) is 12. The largest absolute Gasteiger partial charge is 0.425 e. The molecule has 0 radical (unpaired) electrons. The topological polar surface area (TPSA) is 46.5 Å². The lowest BCUT2D eigenvalue weighted by atomic mass is 10.0. The number of rotatable bonds is 15. The molecule has 3 heteroatoms. The molecule has 0 aromatic carbocycles. The average molecular weight is 363 g/mol. The van der Waals surface area contributed by atoms with E-state index in [1.165, 1.54) is 77.0 Å². The molecule has 0 aromatic heterocycles. The molecule has 1 aliphatic rings. The molecule has 1 fully saturated rings. The highest BCUT2D eigenvalue weighted by atomic mass is 16.6. The van der Waals surface area contributed by atoms with Gasteiger partial charge in [-0.05, 0) is 32.1 Å². The third kappa shape index (κ3) is 9.96. The van der Waals surface area contributed by atoms with E-state index in [9.17, 15) is 9.90 Å². The van der Waals surface area contributed by atoms with Crippen LogP contribution in [0.4, 0.5) is 0 Å². The lowest BCUT2D eigenvalue weighted by Crippen LogP contribution is -2.07. The Balaban J connectivity index is 1.86. The number of allylic oxidation sites excluding steroid dienone is 3. The summed E-state index contributed by atoms with van der Waals surface area (Å²) in [6, 6.07) is 0. The van der Waals surface area contributed by atoms with Crippen LogP contribution in [-0.4, -0.2) is 17.2 Å². The molecule has 26 heavy (non-hydrogen) atoms. The maximum atomic E-state index is 11.5. The van der Waals surface area contributed by atoms with E-state index < -0.39 is 12.1 Å². The van der Waals surface area contributed by atoms with Crippen LogP contribution in [0.2, 0.25) is 0 Å². The van der Waals surface area contributed by atoms with Crippen LogP contribution in [0.5, 0.6) is 0 Å². The summed E-state index contributed by atoms with van der Waals surface area (Å²) in [5.41, 5.74) is 0.357. The Morgan fingerprint density at radius 1 is 0.885 bits per heavy atom. The SMILES string of the molecule is C=C1OC(=O)/C(=C\CCCCCCCCCCC/C=C/CCCC)[C@H]1O. The van der Waals surface area contributed by atoms with Crippen LogP contribution in [0.3, 0.4) is 0 Å². The first-order valence-electron chi connectivity index (χ1n) is 10.6. The quantitative estimate of drug-likeness (QED) is 0.159. The molecule has 0 spiro atoms.